The molecule has 2 bridgehead atoms. The van der Waals surface area contributed by atoms with E-state index in [1.807, 2.05) is 67.2 Å². The highest BCUT2D eigenvalue weighted by molar-refractivity contribution is 5.84. The summed E-state index contributed by atoms with van der Waals surface area (Å²) in [6.07, 6.45) is 6.01. The Morgan fingerprint density at radius 3 is 2.36 bits per heavy atom. The molecule has 1 aromatic heterocycles. The minimum absolute atomic E-state index is 0.0106. The van der Waals surface area contributed by atoms with Gasteiger partial charge in [0, 0.05) is 39.5 Å². The number of ether oxygens (including phenoxy) is 2. The van der Waals surface area contributed by atoms with Crippen LogP contribution in [0.4, 0.5) is 0 Å². The number of primary amides is 1. The van der Waals surface area contributed by atoms with Crippen molar-refractivity contribution in [3.05, 3.63) is 53.9 Å². The number of amides is 4. The largest absolute Gasteiger partial charge is 0.379 e. The average Bonchev–Trinajstić information content (AvgIpc) is 4.00. The first kappa shape index (κ1) is 43.3. The van der Waals surface area contributed by atoms with Crippen LogP contribution in [0.15, 0.2) is 42.6 Å². The van der Waals surface area contributed by atoms with Gasteiger partial charge in [0.25, 0.3) is 0 Å². The zero-order valence-electron chi connectivity index (χ0n) is 35.1. The summed E-state index contributed by atoms with van der Waals surface area (Å²) in [7, 11) is 7.02. The Morgan fingerprint density at radius 2 is 1.79 bits per heavy atom. The highest BCUT2D eigenvalue weighted by atomic mass is 16.5. The summed E-state index contributed by atoms with van der Waals surface area (Å²) in [5, 5.41) is 10.4. The van der Waals surface area contributed by atoms with Gasteiger partial charge in [0.15, 0.2) is 0 Å². The normalized spacial score (nSPS) is 26.0. The van der Waals surface area contributed by atoms with Crippen molar-refractivity contribution in [1.29, 1.82) is 0 Å². The number of H-pyrrole nitrogens is 1. The molecule has 3 heterocycles. The third-order valence-electron chi connectivity index (χ3n) is 13.7. The second kappa shape index (κ2) is 18.6. The van der Waals surface area contributed by atoms with Gasteiger partial charge in [0.2, 0.25) is 23.6 Å². The summed E-state index contributed by atoms with van der Waals surface area (Å²) in [5.74, 6) is -1.28. The molecule has 4 amide bonds. The molecular weight excluding hydrogens is 711 g/mol. The highest BCUT2D eigenvalue weighted by Gasteiger charge is 2.62. The molecule has 1 aromatic carbocycles. The summed E-state index contributed by atoms with van der Waals surface area (Å²) in [4.78, 5) is 61.5. The molecule has 11 atom stereocenters. The van der Waals surface area contributed by atoms with Crippen LogP contribution in [0.25, 0.3) is 0 Å². The molecule has 5 rings (SSSR count). The number of carbonyl (C=O) groups excluding carboxylic acids is 4. The first-order valence-electron chi connectivity index (χ1n) is 20.7. The molecule has 56 heavy (non-hydrogen) atoms. The number of aromatic amines is 1. The van der Waals surface area contributed by atoms with Crippen LogP contribution in [-0.4, -0.2) is 119 Å². The summed E-state index contributed by atoms with van der Waals surface area (Å²) in [6.45, 7) is 10.8. The van der Waals surface area contributed by atoms with E-state index in [0.29, 0.717) is 19.4 Å². The smallest absolute Gasteiger partial charge is 0.235 e. The molecule has 310 valence electrons. The number of nitrogens with one attached hydrogen (secondary N) is 2. The first-order valence-corrected chi connectivity index (χ1v) is 20.7. The van der Waals surface area contributed by atoms with Gasteiger partial charge in [-0.05, 0) is 75.0 Å². The SMILES string of the molecule is CC[C@H](C)[C@@H]([C@@H](CC(=O)N1CCC[C@H]1[C@H](OC)[C@@H](C)C(=O)N[C@@H](Cc1ccccc1)c1ccn[nH]1)OC)N(C)C(=O)[C@@H](C(C)C)C12CCC(C1)C(C(N)=O)N2C. The molecule has 4 N–H and O–H groups in total. The van der Waals surface area contributed by atoms with Crippen molar-refractivity contribution in [2.24, 2.45) is 35.3 Å². The zero-order valence-corrected chi connectivity index (χ0v) is 35.1. The van der Waals surface area contributed by atoms with E-state index in [1.165, 1.54) is 0 Å². The summed E-state index contributed by atoms with van der Waals surface area (Å²) in [6, 6.07) is 10.5. The molecule has 1 saturated carbocycles. The lowest BCUT2D eigenvalue weighted by Crippen LogP contribution is -2.61. The van der Waals surface area contributed by atoms with Crippen molar-refractivity contribution in [1.82, 2.24) is 30.2 Å². The van der Waals surface area contributed by atoms with Crippen LogP contribution < -0.4 is 11.1 Å². The van der Waals surface area contributed by atoms with Crippen LogP contribution in [-0.2, 0) is 35.1 Å². The van der Waals surface area contributed by atoms with Gasteiger partial charge < -0.3 is 30.3 Å². The minimum atomic E-state index is -0.566. The van der Waals surface area contributed by atoms with Gasteiger partial charge >= 0.3 is 0 Å². The fourth-order valence-corrected chi connectivity index (χ4v) is 10.7. The van der Waals surface area contributed by atoms with Gasteiger partial charge in [-0.25, -0.2) is 0 Å². The Balaban J connectivity index is 1.31. The number of fused-ring (bicyclic) bond motifs is 2. The summed E-state index contributed by atoms with van der Waals surface area (Å²) >= 11 is 0. The van der Waals surface area contributed by atoms with Crippen molar-refractivity contribution in [2.45, 2.75) is 128 Å². The van der Waals surface area contributed by atoms with Crippen LogP contribution in [0, 0.1) is 29.6 Å². The Hall–Kier alpha value is -3.81. The maximum Gasteiger partial charge on any atom is 0.235 e. The number of piperidine rings is 1. The Morgan fingerprint density at radius 1 is 1.07 bits per heavy atom. The molecule has 13 heteroatoms. The molecule has 2 aromatic rings. The van der Waals surface area contributed by atoms with E-state index in [4.69, 9.17) is 15.2 Å². The van der Waals surface area contributed by atoms with Crippen molar-refractivity contribution < 1.29 is 28.7 Å². The van der Waals surface area contributed by atoms with Gasteiger partial charge in [0.05, 0.1) is 60.3 Å². The molecule has 3 fully saturated rings. The summed E-state index contributed by atoms with van der Waals surface area (Å²) < 4.78 is 12.2. The van der Waals surface area contributed by atoms with Gasteiger partial charge in [0.1, 0.15) is 0 Å². The van der Waals surface area contributed by atoms with Crippen molar-refractivity contribution >= 4 is 23.6 Å². The maximum absolute atomic E-state index is 14.8. The predicted molar refractivity (Wildman–Crippen MR) is 215 cm³/mol. The number of benzene rings is 1. The second-order valence-electron chi connectivity index (χ2n) is 17.1. The number of hydrogen-bond donors (Lipinski definition) is 3. The second-order valence-corrected chi connectivity index (χ2v) is 17.1. The van der Waals surface area contributed by atoms with Gasteiger partial charge in [-0.2, -0.15) is 5.10 Å². The van der Waals surface area contributed by atoms with E-state index in [-0.39, 0.29) is 77.9 Å². The summed E-state index contributed by atoms with van der Waals surface area (Å²) in [5.41, 5.74) is 7.32. The molecule has 0 radical (unpaired) electrons. The Labute approximate surface area is 333 Å². The molecule has 1 aliphatic carbocycles. The standard InChI is InChI=1S/C43H67N7O6/c1-10-27(4)37(48(6)42(54)36(26(2)3)43-20-18-30(25-43)38(40(44)52)49(43)7)34(55-8)24-35(51)50-22-14-17-33(50)39(56-9)28(5)41(53)46-32(31-19-21-45-47-31)23-29-15-12-11-13-16-29/h11-13,15-16,19,21,26-28,30,32-34,36-39H,10,14,17-18,20,22-25H2,1-9H3,(H2,44,52)(H,45,47)(H,46,53)/t27-,28+,30?,32-,33-,34+,36+,37-,38?,39+,43?/m0/s1. The topological polar surface area (TPSA) is 163 Å². The van der Waals surface area contributed by atoms with Gasteiger partial charge in [-0.3, -0.25) is 29.2 Å². The zero-order chi connectivity index (χ0) is 40.9. The van der Waals surface area contributed by atoms with E-state index in [9.17, 15) is 19.2 Å². The van der Waals surface area contributed by atoms with Gasteiger partial charge in [-0.15, -0.1) is 0 Å². The van der Waals surface area contributed by atoms with Crippen LogP contribution in [0.5, 0.6) is 0 Å². The number of likely N-dealkylation sites (N-methyl/N-ethyl adjacent to an activating group) is 2. The molecule has 2 aliphatic heterocycles. The number of nitrogens with two attached hydrogens (primary N) is 1. The quantitative estimate of drug-likeness (QED) is 0.190. The van der Waals surface area contributed by atoms with Crippen LogP contribution >= 0.6 is 0 Å². The molecule has 2 saturated heterocycles. The lowest BCUT2D eigenvalue weighted by atomic mass is 9.74. The number of methoxy groups -OCH3 is 2. The average molecular weight is 778 g/mol. The number of rotatable bonds is 19. The number of aromatic nitrogens is 2. The lowest BCUT2D eigenvalue weighted by Gasteiger charge is -2.48. The number of nitrogens with zero attached hydrogens (tertiary/aromatic N) is 4. The van der Waals surface area contributed by atoms with E-state index < -0.39 is 23.7 Å². The maximum atomic E-state index is 14.8. The Kier molecular flexibility index (Phi) is 14.4. The molecular formula is C43H67N7O6. The fourth-order valence-electron chi connectivity index (χ4n) is 10.7. The van der Waals surface area contributed by atoms with Crippen molar-refractivity contribution in [3.8, 4) is 0 Å². The predicted octanol–water partition coefficient (Wildman–Crippen LogP) is 4.34. The fraction of sp³-hybridized carbons (Fsp3) is 0.698. The van der Waals surface area contributed by atoms with Crippen molar-refractivity contribution in [3.63, 3.8) is 0 Å². The minimum Gasteiger partial charge on any atom is -0.379 e. The van der Waals surface area contributed by atoms with Crippen LogP contribution in [0.3, 0.4) is 0 Å². The van der Waals surface area contributed by atoms with E-state index in [0.717, 1.165) is 43.4 Å². The third-order valence-corrected chi connectivity index (χ3v) is 13.7. The number of carbonyl (C=O) groups is 4. The molecule has 3 unspecified atom stereocenters. The van der Waals surface area contributed by atoms with E-state index in [2.05, 4.69) is 48.1 Å². The first-order chi connectivity index (χ1) is 26.7. The van der Waals surface area contributed by atoms with Crippen molar-refractivity contribution in [2.75, 3.05) is 34.9 Å². The van der Waals surface area contributed by atoms with E-state index >= 15 is 0 Å². The van der Waals surface area contributed by atoms with Crippen LogP contribution in [0.2, 0.25) is 0 Å². The molecule has 13 nitrogen and oxygen atoms in total. The molecule has 3 aliphatic rings. The number of hydrogen-bond acceptors (Lipinski definition) is 8. The van der Waals surface area contributed by atoms with Crippen LogP contribution in [0.1, 0.15) is 96.9 Å². The monoisotopic (exact) mass is 778 g/mol. The van der Waals surface area contributed by atoms with Gasteiger partial charge in [-0.1, -0.05) is 71.4 Å². The molecule has 0 spiro atoms. The highest BCUT2D eigenvalue weighted by Crippen LogP contribution is 2.55. The Bertz CT molecular complexity index is 1620. The van der Waals surface area contributed by atoms with E-state index in [1.54, 1.807) is 20.4 Å². The lowest BCUT2D eigenvalue weighted by molar-refractivity contribution is -0.153. The number of likely N-dealkylation sites (tertiary alicyclic amines) is 2. The third kappa shape index (κ3) is 8.69.